The van der Waals surface area contributed by atoms with E-state index in [4.69, 9.17) is 11.6 Å². The average Bonchev–Trinajstić information content (AvgIpc) is 2.52. The molecule has 0 radical (unpaired) electrons. The molecule has 0 atom stereocenters. The van der Waals surface area contributed by atoms with Crippen LogP contribution in [0.5, 0.6) is 0 Å². The maximum Gasteiger partial charge on any atom is 0.126 e. The van der Waals surface area contributed by atoms with E-state index in [0.29, 0.717) is 17.0 Å². The van der Waals surface area contributed by atoms with Gasteiger partial charge in [0.05, 0.1) is 5.02 Å². The molecule has 3 rings (SSSR count). The minimum absolute atomic E-state index is 0.245. The third-order valence-corrected chi connectivity index (χ3v) is 4.02. The second-order valence-corrected chi connectivity index (χ2v) is 5.43. The Bertz CT molecular complexity index is 795. The van der Waals surface area contributed by atoms with Crippen molar-refractivity contribution in [2.45, 2.75) is 6.42 Å². The van der Waals surface area contributed by atoms with Crippen molar-refractivity contribution < 1.29 is 8.78 Å². The van der Waals surface area contributed by atoms with E-state index < -0.39 is 0 Å². The minimum Gasteiger partial charge on any atom is -0.207 e. The van der Waals surface area contributed by atoms with Crippen LogP contribution in [0.4, 0.5) is 8.78 Å². The molecule has 0 aliphatic rings. The number of rotatable bonds is 3. The van der Waals surface area contributed by atoms with Gasteiger partial charge in [0, 0.05) is 12.0 Å². The number of benzene rings is 3. The number of halogens is 3. The highest BCUT2D eigenvalue weighted by atomic mass is 35.5. The second kappa shape index (κ2) is 6.29. The van der Waals surface area contributed by atoms with Crippen molar-refractivity contribution in [3.8, 4) is 11.1 Å². The van der Waals surface area contributed by atoms with Crippen LogP contribution in [-0.4, -0.2) is 0 Å². The Kier molecular flexibility index (Phi) is 4.21. The first-order chi connectivity index (χ1) is 10.6. The first-order valence-electron chi connectivity index (χ1n) is 6.92. The highest BCUT2D eigenvalue weighted by Gasteiger charge is 2.10. The highest BCUT2D eigenvalue weighted by molar-refractivity contribution is 6.34. The Hall–Kier alpha value is -2.19. The summed E-state index contributed by atoms with van der Waals surface area (Å²) in [6.45, 7) is 0. The van der Waals surface area contributed by atoms with Gasteiger partial charge in [0.15, 0.2) is 0 Å². The molecule has 0 nitrogen and oxygen atoms in total. The van der Waals surface area contributed by atoms with Gasteiger partial charge < -0.3 is 0 Å². The molecule has 0 spiro atoms. The molecule has 0 heterocycles. The maximum atomic E-state index is 13.8. The summed E-state index contributed by atoms with van der Waals surface area (Å²) in [6.07, 6.45) is 0.417. The molecule has 0 saturated carbocycles. The Morgan fingerprint density at radius 3 is 2.14 bits per heavy atom. The van der Waals surface area contributed by atoms with E-state index in [1.807, 2.05) is 18.2 Å². The van der Waals surface area contributed by atoms with E-state index in [2.05, 4.69) is 0 Å². The fourth-order valence-electron chi connectivity index (χ4n) is 2.42. The molecule has 0 N–H and O–H groups in total. The summed E-state index contributed by atoms with van der Waals surface area (Å²) in [4.78, 5) is 0. The lowest BCUT2D eigenvalue weighted by molar-refractivity contribution is 0.614. The summed E-state index contributed by atoms with van der Waals surface area (Å²) in [5, 5.41) is 0.567. The molecule has 3 aromatic rings. The molecule has 110 valence electrons. The normalized spacial score (nSPS) is 10.7. The van der Waals surface area contributed by atoms with Gasteiger partial charge in [0.2, 0.25) is 0 Å². The van der Waals surface area contributed by atoms with Crippen LogP contribution in [0.2, 0.25) is 5.02 Å². The van der Waals surface area contributed by atoms with E-state index in [1.54, 1.807) is 30.3 Å². The molecule has 3 heteroatoms. The predicted octanol–water partition coefficient (Wildman–Crippen LogP) is 5.88. The smallest absolute Gasteiger partial charge is 0.126 e. The second-order valence-electron chi connectivity index (χ2n) is 5.05. The van der Waals surface area contributed by atoms with Gasteiger partial charge in [-0.25, -0.2) is 8.78 Å². The molecule has 0 bridgehead atoms. The van der Waals surface area contributed by atoms with Crippen molar-refractivity contribution in [2.24, 2.45) is 0 Å². The van der Waals surface area contributed by atoms with Crippen LogP contribution < -0.4 is 0 Å². The van der Waals surface area contributed by atoms with Gasteiger partial charge in [-0.05, 0) is 34.9 Å². The van der Waals surface area contributed by atoms with Crippen LogP contribution in [0.3, 0.4) is 0 Å². The van der Waals surface area contributed by atoms with Crippen molar-refractivity contribution in [1.29, 1.82) is 0 Å². The first-order valence-corrected chi connectivity index (χ1v) is 7.29. The molecule has 0 fully saturated rings. The van der Waals surface area contributed by atoms with Crippen LogP contribution in [0.25, 0.3) is 11.1 Å². The summed E-state index contributed by atoms with van der Waals surface area (Å²) in [6, 6.07) is 18.4. The van der Waals surface area contributed by atoms with Gasteiger partial charge in [0.1, 0.15) is 11.6 Å². The monoisotopic (exact) mass is 314 g/mol. The molecular formula is C19H13ClF2. The van der Waals surface area contributed by atoms with Crippen molar-refractivity contribution in [2.75, 3.05) is 0 Å². The van der Waals surface area contributed by atoms with Gasteiger partial charge in [-0.2, -0.15) is 0 Å². The molecule has 0 unspecified atom stereocenters. The summed E-state index contributed by atoms with van der Waals surface area (Å²) in [5.41, 5.74) is 3.09. The Morgan fingerprint density at radius 1 is 0.727 bits per heavy atom. The lowest BCUT2D eigenvalue weighted by Crippen LogP contribution is -1.94. The van der Waals surface area contributed by atoms with E-state index in [9.17, 15) is 8.78 Å². The van der Waals surface area contributed by atoms with E-state index in [-0.39, 0.29) is 11.6 Å². The summed E-state index contributed by atoms with van der Waals surface area (Å²) in [7, 11) is 0. The van der Waals surface area contributed by atoms with Crippen LogP contribution in [0, 0.1) is 11.6 Å². The molecule has 0 amide bonds. The predicted molar refractivity (Wildman–Crippen MR) is 86.1 cm³/mol. The number of hydrogen-bond donors (Lipinski definition) is 0. The highest BCUT2D eigenvalue weighted by Crippen LogP contribution is 2.32. The largest absolute Gasteiger partial charge is 0.207 e. The molecular weight excluding hydrogens is 302 g/mol. The summed E-state index contributed by atoms with van der Waals surface area (Å²) >= 11 is 6.47. The van der Waals surface area contributed by atoms with E-state index >= 15 is 0 Å². The Labute approximate surface area is 133 Å². The minimum atomic E-state index is -0.289. The van der Waals surface area contributed by atoms with Crippen LogP contribution in [-0.2, 0) is 6.42 Å². The topological polar surface area (TPSA) is 0 Å². The standard InChI is InChI=1S/C19H13ClF2/c20-19-15(12-14-4-1-2-7-18(14)22)5-3-6-17(19)13-8-10-16(21)11-9-13/h1-11H,12H2. The average molecular weight is 315 g/mol. The summed E-state index contributed by atoms with van der Waals surface area (Å²) in [5.74, 6) is -0.534. The van der Waals surface area contributed by atoms with E-state index in [0.717, 1.165) is 16.7 Å². The zero-order valence-electron chi connectivity index (χ0n) is 11.7. The Morgan fingerprint density at radius 2 is 1.41 bits per heavy atom. The van der Waals surface area contributed by atoms with Crippen molar-refractivity contribution in [1.82, 2.24) is 0 Å². The third-order valence-electron chi connectivity index (χ3n) is 3.57. The third kappa shape index (κ3) is 3.02. The molecule has 22 heavy (non-hydrogen) atoms. The SMILES string of the molecule is Fc1ccc(-c2cccc(Cc3ccccc3F)c2Cl)cc1. The maximum absolute atomic E-state index is 13.8. The van der Waals surface area contributed by atoms with Gasteiger partial charge in [-0.3, -0.25) is 0 Å². The number of hydrogen-bond acceptors (Lipinski definition) is 0. The van der Waals surface area contributed by atoms with Crippen molar-refractivity contribution in [3.05, 3.63) is 94.5 Å². The molecule has 3 aromatic carbocycles. The lowest BCUT2D eigenvalue weighted by Gasteiger charge is -2.10. The van der Waals surface area contributed by atoms with Gasteiger partial charge in [-0.1, -0.05) is 60.1 Å². The quantitative estimate of drug-likeness (QED) is 0.566. The Balaban J connectivity index is 1.99. The molecule has 0 aromatic heterocycles. The fraction of sp³-hybridized carbons (Fsp3) is 0.0526. The van der Waals surface area contributed by atoms with Crippen molar-refractivity contribution >= 4 is 11.6 Å². The first kappa shape index (κ1) is 14.7. The molecule has 0 saturated heterocycles. The molecule has 0 aliphatic carbocycles. The van der Waals surface area contributed by atoms with Crippen LogP contribution >= 0.6 is 11.6 Å². The zero-order chi connectivity index (χ0) is 15.5. The van der Waals surface area contributed by atoms with Crippen molar-refractivity contribution in [3.63, 3.8) is 0 Å². The molecule has 0 aliphatic heterocycles. The van der Waals surface area contributed by atoms with Gasteiger partial charge in [0.25, 0.3) is 0 Å². The van der Waals surface area contributed by atoms with Crippen LogP contribution in [0.15, 0.2) is 66.7 Å². The van der Waals surface area contributed by atoms with Gasteiger partial charge >= 0.3 is 0 Å². The lowest BCUT2D eigenvalue weighted by atomic mass is 9.98. The van der Waals surface area contributed by atoms with Gasteiger partial charge in [-0.15, -0.1) is 0 Å². The summed E-state index contributed by atoms with van der Waals surface area (Å²) < 4.78 is 26.8. The fourth-order valence-corrected chi connectivity index (χ4v) is 2.72. The van der Waals surface area contributed by atoms with E-state index in [1.165, 1.54) is 18.2 Å². The van der Waals surface area contributed by atoms with Crippen LogP contribution in [0.1, 0.15) is 11.1 Å². The zero-order valence-corrected chi connectivity index (χ0v) is 12.4.